The Morgan fingerprint density at radius 1 is 0.444 bits per heavy atom. The number of nitrogens with zero attached hydrogens (tertiary/aromatic N) is 18. The van der Waals surface area contributed by atoms with Crippen molar-refractivity contribution in [1.82, 2.24) is 64.0 Å². The van der Waals surface area contributed by atoms with E-state index in [1.54, 1.807) is 19.0 Å². The maximum Gasteiger partial charge on any atom is 0.449 e. The number of aryl methyl sites for hydroxylation is 1. The van der Waals surface area contributed by atoms with Crippen molar-refractivity contribution in [2.75, 3.05) is 13.1 Å². The number of alkyl halides is 3. The smallest absolute Gasteiger partial charge is 0.312 e. The number of carbonyl (C=O) groups excluding carboxylic acids is 1. The molecule has 0 fully saturated rings. The van der Waals surface area contributed by atoms with Crippen molar-refractivity contribution in [3.05, 3.63) is 416 Å². The molecule has 0 aliphatic carbocycles. The number of fused-ring (bicyclic) bond motifs is 3. The fourth-order valence-electron chi connectivity index (χ4n) is 14.7. The second-order valence-corrected chi connectivity index (χ2v) is 31.7. The molecule has 1 atom stereocenters. The van der Waals surface area contributed by atoms with Gasteiger partial charge in [-0.3, -0.25) is 24.5 Å². The van der Waals surface area contributed by atoms with E-state index in [1.165, 1.54) is 49.5 Å². The van der Waals surface area contributed by atoms with E-state index in [2.05, 4.69) is 300 Å². The maximum atomic E-state index is 10.8. The van der Waals surface area contributed by atoms with Gasteiger partial charge in [0.05, 0.1) is 97.0 Å². The number of aromatic nitrogens is 11. The van der Waals surface area contributed by atoms with E-state index in [0.717, 1.165) is 125 Å². The SMILES string of the molecule is C.CC(=O)C(F)(F)F.CCC(Cc1ccccc1)N(Cc1ccc2ccccc2n1)Cc1nncn1Cc1ccc(C#N)cc1.Cc1ccc(CCN(Cc2ccc3ccccc3c2)Cc2nncn2Cc2ccc(C#N)cc2)cc1.N#Cc1ccc(Cn2cnnc2CN(CCc2ccc(Br)cc2)Cc2cc3ccccc3[n+](Cc3ccc(C#N)cc3)c2)cc1. The minimum Gasteiger partial charge on any atom is -0.312 e. The molecule has 0 saturated carbocycles. The van der Waals surface area contributed by atoms with Crippen molar-refractivity contribution in [3.8, 4) is 24.3 Å². The van der Waals surface area contributed by atoms with Gasteiger partial charge < -0.3 is 13.7 Å². The fourth-order valence-corrected chi connectivity index (χ4v) is 15.0. The molecule has 0 aliphatic heterocycles. The minimum atomic E-state index is -4.64. The van der Waals surface area contributed by atoms with Gasteiger partial charge in [0.2, 0.25) is 11.3 Å². The van der Waals surface area contributed by atoms with Crippen LogP contribution in [-0.4, -0.2) is 95.1 Å². The van der Waals surface area contributed by atoms with Gasteiger partial charge in [-0.25, -0.2) is 0 Å². The predicted molar refractivity (Wildman–Crippen MR) is 489 cm³/mol. The number of halogens is 4. The molecule has 19 nitrogen and oxygen atoms in total. The van der Waals surface area contributed by atoms with Gasteiger partial charge >= 0.3 is 6.18 Å². The Balaban J connectivity index is 0.000000166. The lowest BCUT2D eigenvalue weighted by Crippen LogP contribution is -2.36. The van der Waals surface area contributed by atoms with Gasteiger partial charge in [-0.1, -0.05) is 224 Å². The van der Waals surface area contributed by atoms with E-state index in [1.807, 2.05) is 109 Å². The Morgan fingerprint density at radius 3 is 1.36 bits per heavy atom. The number of para-hydroxylation sites is 2. The molecule has 126 heavy (non-hydrogen) atoms. The number of hydrogen-bond acceptors (Lipinski definition) is 15. The quantitative estimate of drug-likeness (QED) is 0.0381. The molecule has 0 spiro atoms. The molecule has 11 aromatic carbocycles. The highest BCUT2D eigenvalue weighted by Crippen LogP contribution is 2.26. The lowest BCUT2D eigenvalue weighted by atomic mass is 10.0. The molecule has 632 valence electrons. The van der Waals surface area contributed by atoms with E-state index in [4.69, 9.17) is 20.8 Å². The summed E-state index contributed by atoms with van der Waals surface area (Å²) in [5.74, 6) is 0.981. The first-order chi connectivity index (χ1) is 60.9. The minimum absolute atomic E-state index is 0. The topological polar surface area (TPSA) is 231 Å². The number of benzene rings is 11. The molecule has 0 N–H and O–H groups in total. The number of hydrogen-bond donors (Lipinski definition) is 0. The number of Topliss-reactive ketones (excluding diaryl/α,β-unsaturated/α-hetero) is 1. The van der Waals surface area contributed by atoms with Crippen molar-refractivity contribution < 1.29 is 22.5 Å². The monoisotopic (exact) mass is 1740 g/mol. The number of nitriles is 4. The summed E-state index contributed by atoms with van der Waals surface area (Å²) in [7, 11) is 0. The lowest BCUT2D eigenvalue weighted by Gasteiger charge is -2.31. The van der Waals surface area contributed by atoms with Crippen LogP contribution in [0.25, 0.3) is 32.6 Å². The zero-order chi connectivity index (χ0) is 87.3. The van der Waals surface area contributed by atoms with Crippen LogP contribution in [0.15, 0.2) is 315 Å². The molecule has 16 rings (SSSR count). The molecule has 0 radical (unpaired) electrons. The number of pyridine rings is 2. The average molecular weight is 1740 g/mol. The molecule has 0 amide bonds. The molecule has 0 aliphatic rings. The summed E-state index contributed by atoms with van der Waals surface area (Å²) in [4.78, 5) is 21.7. The first-order valence-corrected chi connectivity index (χ1v) is 42.1. The van der Waals surface area contributed by atoms with Crippen LogP contribution in [0.1, 0.15) is 129 Å². The summed E-state index contributed by atoms with van der Waals surface area (Å²) < 4.78 is 42.1. The molecule has 0 bridgehead atoms. The normalized spacial score (nSPS) is 11.3. The second kappa shape index (κ2) is 45.2. The Labute approximate surface area is 742 Å². The van der Waals surface area contributed by atoms with Crippen molar-refractivity contribution in [1.29, 1.82) is 21.0 Å². The fraction of sp³-hybridized carbons (Fsp3) is 0.214. The van der Waals surface area contributed by atoms with Crippen LogP contribution in [0.4, 0.5) is 13.2 Å². The maximum absolute atomic E-state index is 10.8. The second-order valence-electron chi connectivity index (χ2n) is 30.8. The molecular formula is C103H97BrF3N18O+. The molecule has 5 aromatic heterocycles. The summed E-state index contributed by atoms with van der Waals surface area (Å²) in [6.07, 6.45) is 6.80. The van der Waals surface area contributed by atoms with Gasteiger partial charge in [-0.15, -0.1) is 30.6 Å². The van der Waals surface area contributed by atoms with Gasteiger partial charge in [-0.05, 0) is 173 Å². The molecule has 23 heteroatoms. The average Bonchev–Trinajstić information content (AvgIpc) is 1.01. The standard InChI is InChI=1S/C37H31BrN7.C31H30N6.C31H29N5.C3H3F3O.CH4/c38-35-15-13-28(14-16-35)17-18-43(26-37-42-41-27-45(37)24-32-11-7-30(21-40)8-12-32)22-33-19-34-3-1-2-4-36(34)44(25-33)23-31-9-5-29(20-39)6-10-31;1-2-29(18-24-8-4-3-5-9-24)36(21-28-17-16-27-10-6-7-11-30(27)34-28)22-31-35-33-23-37(31)20-26-14-12-25(19-32)13-15-26;1-24-6-8-25(9-7-24)16-17-35(20-28-14-15-29-4-2-3-5-30(29)18-28)22-31-34-33-23-36(31)21-27-12-10-26(19-32)11-13-27;1-2(7)3(4,5)6;/h1-16,19,25,27H,17-18,22-24,26H2;3-17,23,29H,2,18,20-22H2,1H3;2-15,18,23H,16-17,20-22H2,1H3;1H3;1H4/q+1;;;;. The van der Waals surface area contributed by atoms with E-state index >= 15 is 0 Å². The summed E-state index contributed by atoms with van der Waals surface area (Å²) in [6, 6.07) is 106. The van der Waals surface area contributed by atoms with Crippen molar-refractivity contribution in [2.24, 2.45) is 0 Å². The van der Waals surface area contributed by atoms with Crippen LogP contribution >= 0.6 is 15.9 Å². The van der Waals surface area contributed by atoms with Gasteiger partial charge in [-0.2, -0.15) is 38.8 Å². The van der Waals surface area contributed by atoms with Crippen LogP contribution in [0.2, 0.25) is 0 Å². The third kappa shape index (κ3) is 26.6. The van der Waals surface area contributed by atoms with E-state index < -0.39 is 12.0 Å². The molecule has 0 saturated heterocycles. The molecular weight excluding hydrogens is 1640 g/mol. The first-order valence-electron chi connectivity index (χ1n) is 41.3. The number of carbonyl (C=O) groups is 1. The summed E-state index contributed by atoms with van der Waals surface area (Å²) >= 11 is 3.55. The zero-order valence-corrected chi connectivity index (χ0v) is 71.4. The number of ketones is 1. The Morgan fingerprint density at radius 2 is 0.857 bits per heavy atom. The molecule has 16 aromatic rings. The van der Waals surface area contributed by atoms with Gasteiger partial charge in [0.1, 0.15) is 36.5 Å². The third-order valence-corrected chi connectivity index (χ3v) is 22.2. The number of rotatable bonds is 30. The van der Waals surface area contributed by atoms with Crippen molar-refractivity contribution >= 4 is 54.3 Å². The van der Waals surface area contributed by atoms with E-state index in [0.29, 0.717) is 81.0 Å². The Hall–Kier alpha value is -14.3. The van der Waals surface area contributed by atoms with Crippen LogP contribution in [0, 0.1) is 52.2 Å². The van der Waals surface area contributed by atoms with Crippen molar-refractivity contribution in [2.45, 2.75) is 132 Å². The van der Waals surface area contributed by atoms with Crippen LogP contribution in [-0.2, 0) is 89.5 Å². The molecule has 5 heterocycles. The largest absolute Gasteiger partial charge is 0.449 e. The summed E-state index contributed by atoms with van der Waals surface area (Å²) in [6.45, 7) is 13.6. The van der Waals surface area contributed by atoms with Gasteiger partial charge in [0.15, 0.2) is 12.7 Å². The Bertz CT molecular complexity index is 6390. The summed E-state index contributed by atoms with van der Waals surface area (Å²) in [5.41, 5.74) is 18.0. The highest BCUT2D eigenvalue weighted by atomic mass is 79.9. The summed E-state index contributed by atoms with van der Waals surface area (Å²) in [5, 5.41) is 67.6. The molecule has 1 unspecified atom stereocenters. The Kier molecular flexibility index (Phi) is 32.6. The van der Waals surface area contributed by atoms with Gasteiger partial charge in [0, 0.05) is 78.1 Å². The predicted octanol–water partition coefficient (Wildman–Crippen LogP) is 20.0. The van der Waals surface area contributed by atoms with Gasteiger partial charge in [0.25, 0.3) is 0 Å². The van der Waals surface area contributed by atoms with E-state index in [-0.39, 0.29) is 7.43 Å². The highest BCUT2D eigenvalue weighted by Gasteiger charge is 2.34. The zero-order valence-electron chi connectivity index (χ0n) is 69.8. The van der Waals surface area contributed by atoms with E-state index in [9.17, 15) is 23.2 Å². The third-order valence-electron chi connectivity index (χ3n) is 21.6. The van der Waals surface area contributed by atoms with Crippen molar-refractivity contribution in [3.63, 3.8) is 0 Å². The van der Waals surface area contributed by atoms with Crippen LogP contribution < -0.4 is 4.57 Å². The van der Waals surface area contributed by atoms with Crippen LogP contribution in [0.3, 0.4) is 0 Å². The highest BCUT2D eigenvalue weighted by molar-refractivity contribution is 9.10. The van der Waals surface area contributed by atoms with Crippen LogP contribution in [0.5, 0.6) is 0 Å². The first kappa shape index (κ1) is 90.9. The lowest BCUT2D eigenvalue weighted by molar-refractivity contribution is -0.662.